The predicted octanol–water partition coefficient (Wildman–Crippen LogP) is 3.71. The van der Waals surface area contributed by atoms with Gasteiger partial charge in [0.1, 0.15) is 0 Å². The van der Waals surface area contributed by atoms with Crippen molar-refractivity contribution >= 4 is 17.3 Å². The summed E-state index contributed by atoms with van der Waals surface area (Å²) in [6.07, 6.45) is -2.94. The Bertz CT molecular complexity index is 876. The highest BCUT2D eigenvalue weighted by atomic mass is 32.1. The molecule has 1 aliphatic heterocycles. The number of nitrogens with zero attached hydrogens (tertiary/aromatic N) is 3. The fraction of sp³-hybridized carbons (Fsp3) is 0.524. The summed E-state index contributed by atoms with van der Waals surface area (Å²) in [5.41, 5.74) is 1.89. The summed E-state index contributed by atoms with van der Waals surface area (Å²) in [4.78, 5) is 10.3. The van der Waals surface area contributed by atoms with Gasteiger partial charge >= 0.3 is 6.18 Å². The molecule has 1 aromatic heterocycles. The molecule has 2 heterocycles. The van der Waals surface area contributed by atoms with Gasteiger partial charge in [-0.05, 0) is 31.4 Å². The maximum absolute atomic E-state index is 12.6. The number of halogens is 3. The number of guanidine groups is 1. The first-order valence-corrected chi connectivity index (χ1v) is 10.8. The second kappa shape index (κ2) is 9.34. The van der Waals surface area contributed by atoms with Crippen molar-refractivity contribution in [2.45, 2.75) is 44.9 Å². The normalized spacial score (nSPS) is 15.7. The lowest BCUT2D eigenvalue weighted by atomic mass is 9.94. The standard InChI is InChI=1S/C21H28F3N5S/c1-20(2,29-11-9-15-6-4-5-7-16(15)12-29)14-27-19(25-3)26-10-8-18-28-17(13-30-18)21(22,23)24/h4-7,13H,8-12,14H2,1-3H3,(H2,25,26,27). The summed E-state index contributed by atoms with van der Waals surface area (Å²) in [6, 6.07) is 8.56. The highest BCUT2D eigenvalue weighted by molar-refractivity contribution is 7.09. The Morgan fingerprint density at radius 1 is 1.20 bits per heavy atom. The smallest absolute Gasteiger partial charge is 0.356 e. The summed E-state index contributed by atoms with van der Waals surface area (Å²) in [5.74, 6) is 0.632. The van der Waals surface area contributed by atoms with Gasteiger partial charge in [-0.15, -0.1) is 11.3 Å². The minimum atomic E-state index is -4.39. The van der Waals surface area contributed by atoms with Crippen molar-refractivity contribution in [1.82, 2.24) is 20.5 Å². The van der Waals surface area contributed by atoms with Gasteiger partial charge < -0.3 is 10.6 Å². The van der Waals surface area contributed by atoms with E-state index >= 15 is 0 Å². The molecule has 1 aliphatic rings. The van der Waals surface area contributed by atoms with Gasteiger partial charge in [-0.25, -0.2) is 4.98 Å². The number of alkyl halides is 3. The lowest BCUT2D eigenvalue weighted by Gasteiger charge is -2.42. The first-order valence-electron chi connectivity index (χ1n) is 9.97. The second-order valence-electron chi connectivity index (χ2n) is 7.98. The van der Waals surface area contributed by atoms with Crippen molar-refractivity contribution in [1.29, 1.82) is 0 Å². The molecule has 0 saturated heterocycles. The van der Waals surface area contributed by atoms with E-state index in [2.05, 4.69) is 63.6 Å². The molecule has 0 unspecified atom stereocenters. The van der Waals surface area contributed by atoms with Crippen LogP contribution in [0.2, 0.25) is 0 Å². The van der Waals surface area contributed by atoms with Crippen molar-refractivity contribution in [2.75, 3.05) is 26.7 Å². The Kier molecular flexibility index (Phi) is 7.02. The molecule has 0 bridgehead atoms. The van der Waals surface area contributed by atoms with Crippen molar-refractivity contribution in [3.8, 4) is 0 Å². The number of aromatic nitrogens is 1. The SMILES string of the molecule is CN=C(NCCc1nc(C(F)(F)F)cs1)NCC(C)(C)N1CCc2ccccc2C1. The topological polar surface area (TPSA) is 52.6 Å². The van der Waals surface area contributed by atoms with Crippen LogP contribution in [0, 0.1) is 0 Å². The molecular weight excluding hydrogens is 411 g/mol. The maximum Gasteiger partial charge on any atom is 0.434 e. The van der Waals surface area contributed by atoms with Gasteiger partial charge in [0, 0.05) is 50.6 Å². The van der Waals surface area contributed by atoms with Crippen LogP contribution in [0.4, 0.5) is 13.2 Å². The number of benzene rings is 1. The number of hydrogen-bond donors (Lipinski definition) is 2. The van der Waals surface area contributed by atoms with E-state index in [4.69, 9.17) is 0 Å². The van der Waals surface area contributed by atoms with Crippen molar-refractivity contribution in [3.63, 3.8) is 0 Å². The van der Waals surface area contributed by atoms with E-state index in [1.165, 1.54) is 11.1 Å². The Hall–Kier alpha value is -2.13. The monoisotopic (exact) mass is 439 g/mol. The zero-order valence-corrected chi connectivity index (χ0v) is 18.3. The number of hydrogen-bond acceptors (Lipinski definition) is 4. The van der Waals surface area contributed by atoms with Gasteiger partial charge in [0.25, 0.3) is 0 Å². The highest BCUT2D eigenvalue weighted by Crippen LogP contribution is 2.30. The van der Waals surface area contributed by atoms with Gasteiger partial charge in [0.15, 0.2) is 11.7 Å². The molecule has 0 amide bonds. The summed E-state index contributed by atoms with van der Waals surface area (Å²) in [6.45, 7) is 7.49. The van der Waals surface area contributed by atoms with Gasteiger partial charge in [-0.2, -0.15) is 13.2 Å². The molecule has 164 valence electrons. The molecule has 0 aliphatic carbocycles. The molecule has 3 rings (SSSR count). The highest BCUT2D eigenvalue weighted by Gasteiger charge is 2.33. The molecule has 2 aromatic rings. The van der Waals surface area contributed by atoms with Gasteiger partial charge in [0.05, 0.1) is 5.01 Å². The van der Waals surface area contributed by atoms with Crippen molar-refractivity contribution in [3.05, 3.63) is 51.5 Å². The fourth-order valence-electron chi connectivity index (χ4n) is 3.49. The van der Waals surface area contributed by atoms with Crippen LogP contribution < -0.4 is 10.6 Å². The quantitative estimate of drug-likeness (QED) is 0.532. The predicted molar refractivity (Wildman–Crippen MR) is 115 cm³/mol. The van der Waals surface area contributed by atoms with E-state index in [0.29, 0.717) is 30.5 Å². The average Bonchev–Trinajstić information content (AvgIpc) is 3.19. The minimum absolute atomic E-state index is 0.0813. The molecule has 9 heteroatoms. The Morgan fingerprint density at radius 3 is 2.60 bits per heavy atom. The first-order chi connectivity index (χ1) is 14.2. The molecule has 0 fully saturated rings. The molecule has 0 radical (unpaired) electrons. The minimum Gasteiger partial charge on any atom is -0.356 e. The molecule has 0 atom stereocenters. The van der Waals surface area contributed by atoms with E-state index in [-0.39, 0.29) is 5.54 Å². The third-order valence-corrected chi connectivity index (χ3v) is 6.28. The molecule has 1 aromatic carbocycles. The van der Waals surface area contributed by atoms with E-state index in [0.717, 1.165) is 36.2 Å². The zero-order chi connectivity index (χ0) is 21.8. The molecule has 5 nitrogen and oxygen atoms in total. The number of fused-ring (bicyclic) bond motifs is 1. The van der Waals surface area contributed by atoms with Crippen LogP contribution in [-0.2, 0) is 25.6 Å². The molecule has 0 spiro atoms. The fourth-order valence-corrected chi connectivity index (χ4v) is 4.29. The molecule has 2 N–H and O–H groups in total. The van der Waals surface area contributed by atoms with Crippen LogP contribution >= 0.6 is 11.3 Å². The van der Waals surface area contributed by atoms with Gasteiger partial charge in [-0.3, -0.25) is 9.89 Å². The van der Waals surface area contributed by atoms with Crippen LogP contribution in [0.1, 0.15) is 35.7 Å². The number of rotatable bonds is 6. The van der Waals surface area contributed by atoms with E-state index in [1.54, 1.807) is 7.05 Å². The van der Waals surface area contributed by atoms with E-state index < -0.39 is 11.9 Å². The van der Waals surface area contributed by atoms with Crippen molar-refractivity contribution < 1.29 is 13.2 Å². The summed E-state index contributed by atoms with van der Waals surface area (Å²) in [5, 5.41) is 8.02. The number of nitrogens with one attached hydrogen (secondary N) is 2. The van der Waals surface area contributed by atoms with Crippen LogP contribution in [-0.4, -0.2) is 48.1 Å². The Labute approximate surface area is 179 Å². The van der Waals surface area contributed by atoms with Crippen LogP contribution in [0.15, 0.2) is 34.6 Å². The summed E-state index contributed by atoms with van der Waals surface area (Å²) >= 11 is 1.03. The lowest BCUT2D eigenvalue weighted by molar-refractivity contribution is -0.140. The number of thiazole rings is 1. The van der Waals surface area contributed by atoms with E-state index in [1.807, 2.05) is 0 Å². The first kappa shape index (κ1) is 22.6. The maximum atomic E-state index is 12.6. The number of aliphatic imine (C=N–C) groups is 1. The third kappa shape index (κ3) is 5.72. The van der Waals surface area contributed by atoms with Crippen LogP contribution in [0.3, 0.4) is 0 Å². The zero-order valence-electron chi connectivity index (χ0n) is 17.5. The second-order valence-corrected chi connectivity index (χ2v) is 8.92. The summed E-state index contributed by atoms with van der Waals surface area (Å²) < 4.78 is 37.9. The Balaban J connectivity index is 1.47. The van der Waals surface area contributed by atoms with Gasteiger partial charge in [-0.1, -0.05) is 24.3 Å². The summed E-state index contributed by atoms with van der Waals surface area (Å²) in [7, 11) is 1.69. The molecule has 30 heavy (non-hydrogen) atoms. The van der Waals surface area contributed by atoms with E-state index in [9.17, 15) is 13.2 Å². The molecular formula is C21H28F3N5S. The third-order valence-electron chi connectivity index (χ3n) is 5.37. The van der Waals surface area contributed by atoms with Crippen LogP contribution in [0.25, 0.3) is 0 Å². The Morgan fingerprint density at radius 2 is 1.93 bits per heavy atom. The average molecular weight is 440 g/mol. The lowest BCUT2D eigenvalue weighted by Crippen LogP contribution is -2.54. The van der Waals surface area contributed by atoms with Gasteiger partial charge in [0.2, 0.25) is 0 Å². The van der Waals surface area contributed by atoms with Crippen molar-refractivity contribution in [2.24, 2.45) is 4.99 Å². The van der Waals surface area contributed by atoms with Crippen LogP contribution in [0.5, 0.6) is 0 Å². The largest absolute Gasteiger partial charge is 0.434 e. The molecule has 0 saturated carbocycles.